The van der Waals surface area contributed by atoms with Crippen LogP contribution in [0.5, 0.6) is 0 Å². The lowest BCUT2D eigenvalue weighted by molar-refractivity contribution is -0.145. The van der Waals surface area contributed by atoms with Gasteiger partial charge in [-0.1, -0.05) is 0 Å². The first-order valence-corrected chi connectivity index (χ1v) is 4.07. The Morgan fingerprint density at radius 2 is 2.36 bits per heavy atom. The van der Waals surface area contributed by atoms with Crippen LogP contribution < -0.4 is 0 Å². The van der Waals surface area contributed by atoms with Crippen molar-refractivity contribution in [3.63, 3.8) is 0 Å². The minimum absolute atomic E-state index is 0.165. The molecule has 0 radical (unpaired) electrons. The summed E-state index contributed by atoms with van der Waals surface area (Å²) in [5.41, 5.74) is 0. The summed E-state index contributed by atoms with van der Waals surface area (Å²) in [5.74, 6) is 0.0753. The van der Waals surface area contributed by atoms with Gasteiger partial charge in [0.2, 0.25) is 0 Å². The number of aliphatic hydroxyl groups is 1. The molecule has 0 spiro atoms. The van der Waals surface area contributed by atoms with Gasteiger partial charge in [-0.15, -0.1) is 0 Å². The summed E-state index contributed by atoms with van der Waals surface area (Å²) in [6.07, 6.45) is 1.81. The van der Waals surface area contributed by atoms with E-state index in [0.29, 0.717) is 12.5 Å². The molecule has 1 saturated carbocycles. The fourth-order valence-corrected chi connectivity index (χ4v) is 1.04. The fraction of sp³-hybridized carbons (Fsp3) is 0.875. The van der Waals surface area contributed by atoms with E-state index in [1.54, 1.807) is 6.92 Å². The van der Waals surface area contributed by atoms with Crippen LogP contribution in [-0.2, 0) is 9.53 Å². The minimum Gasteiger partial charge on any atom is -0.466 e. The van der Waals surface area contributed by atoms with Gasteiger partial charge < -0.3 is 9.84 Å². The number of esters is 1. The molecule has 1 fully saturated rings. The zero-order valence-electron chi connectivity index (χ0n) is 6.75. The van der Waals surface area contributed by atoms with Crippen molar-refractivity contribution in [1.29, 1.82) is 0 Å². The number of carbonyl (C=O) groups is 1. The number of hydrogen-bond acceptors (Lipinski definition) is 3. The van der Waals surface area contributed by atoms with Crippen molar-refractivity contribution in [3.05, 3.63) is 0 Å². The molecule has 0 aromatic carbocycles. The van der Waals surface area contributed by atoms with Gasteiger partial charge in [0.1, 0.15) is 0 Å². The van der Waals surface area contributed by atoms with Crippen LogP contribution in [0.15, 0.2) is 0 Å². The van der Waals surface area contributed by atoms with E-state index in [2.05, 4.69) is 0 Å². The quantitative estimate of drug-likeness (QED) is 0.613. The average Bonchev–Trinajstić information content (AvgIpc) is 2.67. The van der Waals surface area contributed by atoms with E-state index in [9.17, 15) is 9.90 Å². The molecule has 1 aliphatic rings. The van der Waals surface area contributed by atoms with Gasteiger partial charge in [0, 0.05) is 0 Å². The van der Waals surface area contributed by atoms with Crippen LogP contribution in [0.4, 0.5) is 0 Å². The molecule has 1 aliphatic carbocycles. The van der Waals surface area contributed by atoms with Gasteiger partial charge in [-0.05, 0) is 25.7 Å². The molecule has 0 amide bonds. The molecule has 0 aromatic rings. The van der Waals surface area contributed by atoms with Gasteiger partial charge in [0.25, 0.3) is 0 Å². The molecule has 1 rings (SSSR count). The summed E-state index contributed by atoms with van der Waals surface area (Å²) >= 11 is 0. The first kappa shape index (κ1) is 8.53. The smallest absolute Gasteiger partial charge is 0.308 e. The van der Waals surface area contributed by atoms with E-state index in [1.807, 2.05) is 0 Å². The van der Waals surface area contributed by atoms with E-state index in [0.717, 1.165) is 12.8 Å². The second kappa shape index (κ2) is 3.72. The molecule has 11 heavy (non-hydrogen) atoms. The van der Waals surface area contributed by atoms with Gasteiger partial charge >= 0.3 is 5.97 Å². The van der Waals surface area contributed by atoms with Crippen molar-refractivity contribution < 1.29 is 14.6 Å². The lowest BCUT2D eigenvalue weighted by Crippen LogP contribution is -2.17. The Balaban J connectivity index is 2.12. The Bertz CT molecular complexity index is 140. The molecule has 1 atom stereocenters. The molecule has 0 aromatic heterocycles. The SMILES string of the molecule is CCOC(=O)CC(O)C1CC1. The lowest BCUT2D eigenvalue weighted by Gasteiger charge is -2.06. The Hall–Kier alpha value is -0.570. The van der Waals surface area contributed by atoms with Crippen molar-refractivity contribution in [1.82, 2.24) is 0 Å². The van der Waals surface area contributed by atoms with Crippen molar-refractivity contribution in [2.75, 3.05) is 6.61 Å². The van der Waals surface area contributed by atoms with Crippen molar-refractivity contribution in [2.24, 2.45) is 5.92 Å². The van der Waals surface area contributed by atoms with Gasteiger partial charge in [-0.25, -0.2) is 0 Å². The Morgan fingerprint density at radius 3 is 2.82 bits per heavy atom. The second-order valence-corrected chi connectivity index (χ2v) is 2.91. The first-order valence-electron chi connectivity index (χ1n) is 4.07. The van der Waals surface area contributed by atoms with Crippen molar-refractivity contribution >= 4 is 5.97 Å². The molecule has 3 nitrogen and oxygen atoms in total. The van der Waals surface area contributed by atoms with E-state index >= 15 is 0 Å². The van der Waals surface area contributed by atoms with E-state index in [1.165, 1.54) is 0 Å². The molecular formula is C8H14O3. The first-order chi connectivity index (χ1) is 5.24. The number of carbonyl (C=O) groups excluding carboxylic acids is 1. The molecule has 3 heteroatoms. The maximum absolute atomic E-state index is 10.8. The molecule has 64 valence electrons. The highest BCUT2D eigenvalue weighted by molar-refractivity contribution is 5.69. The number of rotatable bonds is 4. The van der Waals surface area contributed by atoms with Gasteiger partial charge in [0.15, 0.2) is 0 Å². The molecule has 0 heterocycles. The third kappa shape index (κ3) is 2.89. The minimum atomic E-state index is -0.464. The highest BCUT2D eigenvalue weighted by Crippen LogP contribution is 2.33. The highest BCUT2D eigenvalue weighted by Gasteiger charge is 2.31. The number of hydrogen-bond donors (Lipinski definition) is 1. The average molecular weight is 158 g/mol. The van der Waals surface area contributed by atoms with Crippen LogP contribution in [-0.4, -0.2) is 23.8 Å². The van der Waals surface area contributed by atoms with Gasteiger partial charge in [-0.2, -0.15) is 0 Å². The summed E-state index contributed by atoms with van der Waals surface area (Å²) in [5, 5.41) is 9.29. The maximum atomic E-state index is 10.8. The van der Waals surface area contributed by atoms with Gasteiger partial charge in [-0.3, -0.25) is 4.79 Å². The monoisotopic (exact) mass is 158 g/mol. The molecule has 1 unspecified atom stereocenters. The van der Waals surface area contributed by atoms with Crippen LogP contribution in [0.2, 0.25) is 0 Å². The second-order valence-electron chi connectivity index (χ2n) is 2.91. The van der Waals surface area contributed by atoms with Crippen LogP contribution in [0.1, 0.15) is 26.2 Å². The predicted octanol–water partition coefficient (Wildman–Crippen LogP) is 0.711. The largest absolute Gasteiger partial charge is 0.466 e. The Kier molecular flexibility index (Phi) is 2.88. The van der Waals surface area contributed by atoms with Crippen molar-refractivity contribution in [3.8, 4) is 0 Å². The summed E-state index contributed by atoms with van der Waals surface area (Å²) in [7, 11) is 0. The standard InChI is InChI=1S/C8H14O3/c1-2-11-8(10)5-7(9)6-3-4-6/h6-7,9H,2-5H2,1H3. The topological polar surface area (TPSA) is 46.5 Å². The molecule has 0 bridgehead atoms. The van der Waals surface area contributed by atoms with Gasteiger partial charge in [0.05, 0.1) is 19.1 Å². The van der Waals surface area contributed by atoms with Crippen LogP contribution in [0.3, 0.4) is 0 Å². The summed E-state index contributed by atoms with van der Waals surface area (Å²) in [4.78, 5) is 10.8. The van der Waals surface area contributed by atoms with E-state index in [-0.39, 0.29) is 12.4 Å². The highest BCUT2D eigenvalue weighted by atomic mass is 16.5. The predicted molar refractivity (Wildman–Crippen MR) is 40.0 cm³/mol. The zero-order chi connectivity index (χ0) is 8.27. The lowest BCUT2D eigenvalue weighted by atomic mass is 10.2. The Morgan fingerprint density at radius 1 is 1.73 bits per heavy atom. The zero-order valence-corrected chi connectivity index (χ0v) is 6.75. The normalized spacial score (nSPS) is 19.5. The Labute approximate surface area is 66.4 Å². The maximum Gasteiger partial charge on any atom is 0.308 e. The number of aliphatic hydroxyl groups excluding tert-OH is 1. The number of ether oxygens (including phenoxy) is 1. The van der Waals surface area contributed by atoms with Crippen LogP contribution in [0.25, 0.3) is 0 Å². The van der Waals surface area contributed by atoms with E-state index in [4.69, 9.17) is 4.74 Å². The summed E-state index contributed by atoms with van der Waals surface area (Å²) < 4.78 is 4.69. The van der Waals surface area contributed by atoms with Crippen molar-refractivity contribution in [2.45, 2.75) is 32.3 Å². The summed E-state index contributed by atoms with van der Waals surface area (Å²) in [6, 6.07) is 0. The third-order valence-corrected chi connectivity index (χ3v) is 1.85. The van der Waals surface area contributed by atoms with Crippen LogP contribution in [0, 0.1) is 5.92 Å². The molecular weight excluding hydrogens is 144 g/mol. The summed E-state index contributed by atoms with van der Waals surface area (Å²) in [6.45, 7) is 2.16. The van der Waals surface area contributed by atoms with E-state index < -0.39 is 6.10 Å². The third-order valence-electron chi connectivity index (χ3n) is 1.85. The molecule has 1 N–H and O–H groups in total. The molecule has 0 aliphatic heterocycles. The molecule has 0 saturated heterocycles. The van der Waals surface area contributed by atoms with Crippen LogP contribution >= 0.6 is 0 Å². The fourth-order valence-electron chi connectivity index (χ4n) is 1.04.